The van der Waals surface area contributed by atoms with Gasteiger partial charge in [-0.1, -0.05) is 49.1 Å². The summed E-state index contributed by atoms with van der Waals surface area (Å²) in [6, 6.07) is 7.37. The summed E-state index contributed by atoms with van der Waals surface area (Å²) in [6.07, 6.45) is 0.511. The lowest BCUT2D eigenvalue weighted by molar-refractivity contribution is -0.130. The molecule has 1 aliphatic heterocycles. The number of ether oxygens (including phenoxy) is 1. The molecule has 3 rings (SSSR count). The second kappa shape index (κ2) is 10.6. The Morgan fingerprint density at radius 2 is 2.13 bits per heavy atom. The SMILES string of the molecule is CCOc1ccccc1Nc1nnc(SCC(=O)N(CC(C)C)C2CCS(=O)(=O)C2)s1. The summed E-state index contributed by atoms with van der Waals surface area (Å²) in [5, 5.41) is 12.1. The van der Waals surface area contributed by atoms with Gasteiger partial charge in [-0.2, -0.15) is 0 Å². The smallest absolute Gasteiger partial charge is 0.233 e. The predicted octanol–water partition coefficient (Wildman–Crippen LogP) is 3.44. The van der Waals surface area contributed by atoms with Crippen LogP contribution in [0.3, 0.4) is 0 Å². The first-order valence-corrected chi connectivity index (χ1v) is 13.8. The van der Waals surface area contributed by atoms with Gasteiger partial charge in [0.25, 0.3) is 0 Å². The lowest BCUT2D eigenvalue weighted by Gasteiger charge is -2.29. The Labute approximate surface area is 191 Å². The summed E-state index contributed by atoms with van der Waals surface area (Å²) in [5.74, 6) is 1.35. The van der Waals surface area contributed by atoms with Crippen molar-refractivity contribution in [3.63, 3.8) is 0 Å². The van der Waals surface area contributed by atoms with Crippen molar-refractivity contribution >= 4 is 49.7 Å². The van der Waals surface area contributed by atoms with Crippen molar-refractivity contribution in [2.75, 3.05) is 35.7 Å². The third-order valence-corrected chi connectivity index (χ3v) is 8.39. The van der Waals surface area contributed by atoms with Crippen molar-refractivity contribution in [3.05, 3.63) is 24.3 Å². The Kier molecular flexibility index (Phi) is 8.17. The molecule has 11 heteroatoms. The van der Waals surface area contributed by atoms with Gasteiger partial charge in [-0.25, -0.2) is 8.42 Å². The van der Waals surface area contributed by atoms with Crippen molar-refractivity contribution in [3.8, 4) is 5.75 Å². The van der Waals surface area contributed by atoms with Gasteiger partial charge >= 0.3 is 0 Å². The highest BCUT2D eigenvalue weighted by Crippen LogP contribution is 2.32. The van der Waals surface area contributed by atoms with Gasteiger partial charge in [-0.3, -0.25) is 4.79 Å². The van der Waals surface area contributed by atoms with Crippen LogP contribution in [-0.4, -0.2) is 65.9 Å². The van der Waals surface area contributed by atoms with Crippen molar-refractivity contribution in [1.29, 1.82) is 0 Å². The van der Waals surface area contributed by atoms with Crippen LogP contribution in [0.5, 0.6) is 5.75 Å². The quantitative estimate of drug-likeness (QED) is 0.512. The molecule has 1 aromatic heterocycles. The molecule has 0 radical (unpaired) electrons. The van der Waals surface area contributed by atoms with E-state index >= 15 is 0 Å². The molecule has 0 aliphatic carbocycles. The molecule has 2 aromatic rings. The highest BCUT2D eigenvalue weighted by atomic mass is 32.2. The van der Waals surface area contributed by atoms with Gasteiger partial charge in [0.2, 0.25) is 11.0 Å². The molecule has 0 saturated carbocycles. The Balaban J connectivity index is 1.60. The van der Waals surface area contributed by atoms with E-state index in [1.165, 1.54) is 23.1 Å². The molecule has 1 N–H and O–H groups in total. The number of thioether (sulfide) groups is 1. The van der Waals surface area contributed by atoms with E-state index < -0.39 is 9.84 Å². The zero-order valence-electron chi connectivity index (χ0n) is 17.9. The summed E-state index contributed by atoms with van der Waals surface area (Å²) in [5.41, 5.74) is 0.804. The van der Waals surface area contributed by atoms with E-state index in [-0.39, 0.29) is 35.1 Å². The number of hydrogen-bond donors (Lipinski definition) is 1. The largest absolute Gasteiger partial charge is 0.492 e. The van der Waals surface area contributed by atoms with Crippen molar-refractivity contribution in [1.82, 2.24) is 15.1 Å². The monoisotopic (exact) mass is 484 g/mol. The van der Waals surface area contributed by atoms with Gasteiger partial charge in [-0.05, 0) is 31.4 Å². The fourth-order valence-corrected chi connectivity index (χ4v) is 6.74. The zero-order chi connectivity index (χ0) is 22.4. The summed E-state index contributed by atoms with van der Waals surface area (Å²) in [7, 11) is -3.05. The van der Waals surface area contributed by atoms with E-state index in [0.29, 0.717) is 29.0 Å². The van der Waals surface area contributed by atoms with E-state index in [9.17, 15) is 13.2 Å². The number of nitrogens with zero attached hydrogens (tertiary/aromatic N) is 3. The number of carbonyl (C=O) groups is 1. The third-order valence-electron chi connectivity index (χ3n) is 4.69. The fraction of sp³-hybridized carbons (Fsp3) is 0.550. The number of nitrogens with one attached hydrogen (secondary N) is 1. The highest BCUT2D eigenvalue weighted by molar-refractivity contribution is 8.01. The lowest BCUT2D eigenvalue weighted by atomic mass is 10.1. The highest BCUT2D eigenvalue weighted by Gasteiger charge is 2.34. The number of benzene rings is 1. The first-order chi connectivity index (χ1) is 14.8. The van der Waals surface area contributed by atoms with Crippen LogP contribution in [0.2, 0.25) is 0 Å². The second-order valence-electron chi connectivity index (χ2n) is 7.71. The first kappa shape index (κ1) is 23.8. The number of hydrogen-bond acceptors (Lipinski definition) is 9. The molecular weight excluding hydrogens is 456 g/mol. The Bertz CT molecular complexity index is 994. The Morgan fingerprint density at radius 3 is 2.81 bits per heavy atom. The molecule has 8 nitrogen and oxygen atoms in total. The maximum absolute atomic E-state index is 12.9. The Hall–Kier alpha value is -1.85. The van der Waals surface area contributed by atoms with Gasteiger partial charge in [0.05, 0.1) is 29.6 Å². The van der Waals surface area contributed by atoms with Crippen molar-refractivity contribution < 1.29 is 17.9 Å². The number of amides is 1. The van der Waals surface area contributed by atoms with Crippen molar-refractivity contribution in [2.24, 2.45) is 5.92 Å². The minimum absolute atomic E-state index is 0.0578. The van der Waals surface area contributed by atoms with Crippen LogP contribution < -0.4 is 10.1 Å². The van der Waals surface area contributed by atoms with Crippen LogP contribution in [-0.2, 0) is 14.6 Å². The fourth-order valence-electron chi connectivity index (χ4n) is 3.36. The molecule has 1 fully saturated rings. The van der Waals surface area contributed by atoms with Gasteiger partial charge < -0.3 is 15.0 Å². The molecule has 1 aromatic carbocycles. The first-order valence-electron chi connectivity index (χ1n) is 10.2. The average Bonchev–Trinajstić information content (AvgIpc) is 3.31. The molecule has 31 heavy (non-hydrogen) atoms. The zero-order valence-corrected chi connectivity index (χ0v) is 20.4. The molecule has 1 amide bonds. The molecule has 1 unspecified atom stereocenters. The molecule has 1 saturated heterocycles. The molecule has 1 atom stereocenters. The van der Waals surface area contributed by atoms with Gasteiger partial charge in [-0.15, -0.1) is 10.2 Å². The standard InChI is InChI=1S/C20H28N4O4S3/c1-4-28-17-8-6-5-7-16(17)21-19-22-23-20(30-19)29-12-18(25)24(11-14(2)3)15-9-10-31(26,27)13-15/h5-8,14-15H,4,9-13H2,1-3H3,(H,21,22). The molecule has 2 heterocycles. The van der Waals surface area contributed by atoms with Gasteiger partial charge in [0.1, 0.15) is 5.75 Å². The number of aromatic nitrogens is 2. The summed E-state index contributed by atoms with van der Waals surface area (Å²) in [6.45, 7) is 7.10. The number of carbonyl (C=O) groups excluding carboxylic acids is 1. The van der Waals surface area contributed by atoms with Crippen LogP contribution in [0.25, 0.3) is 0 Å². The summed E-state index contributed by atoms with van der Waals surface area (Å²) in [4.78, 5) is 14.6. The topological polar surface area (TPSA) is 101 Å². The van der Waals surface area contributed by atoms with Gasteiger partial charge in [0.15, 0.2) is 14.2 Å². The maximum atomic E-state index is 12.9. The van der Waals surface area contributed by atoms with E-state index in [0.717, 1.165) is 11.4 Å². The van der Waals surface area contributed by atoms with Crippen LogP contribution in [0.1, 0.15) is 27.2 Å². The number of anilines is 2. The molecule has 0 bridgehead atoms. The number of sulfone groups is 1. The predicted molar refractivity (Wildman–Crippen MR) is 125 cm³/mol. The van der Waals surface area contributed by atoms with E-state index in [1.807, 2.05) is 45.0 Å². The number of para-hydroxylation sites is 2. The van der Waals surface area contributed by atoms with Crippen LogP contribution in [0.4, 0.5) is 10.8 Å². The van der Waals surface area contributed by atoms with Crippen LogP contribution >= 0.6 is 23.1 Å². The third kappa shape index (κ3) is 6.81. The minimum atomic E-state index is -3.05. The van der Waals surface area contributed by atoms with E-state index in [4.69, 9.17) is 4.74 Å². The normalized spacial score (nSPS) is 17.6. The molecular formula is C20H28N4O4S3. The minimum Gasteiger partial charge on any atom is -0.492 e. The summed E-state index contributed by atoms with van der Waals surface area (Å²) < 4.78 is 30.0. The number of rotatable bonds is 10. The van der Waals surface area contributed by atoms with Crippen molar-refractivity contribution in [2.45, 2.75) is 37.6 Å². The molecule has 0 spiro atoms. The molecule has 170 valence electrons. The van der Waals surface area contributed by atoms with E-state index in [2.05, 4.69) is 15.5 Å². The van der Waals surface area contributed by atoms with Gasteiger partial charge in [0, 0.05) is 12.6 Å². The molecule has 1 aliphatic rings. The lowest BCUT2D eigenvalue weighted by Crippen LogP contribution is -2.44. The van der Waals surface area contributed by atoms with E-state index in [1.54, 1.807) is 4.90 Å². The second-order valence-corrected chi connectivity index (χ2v) is 12.1. The maximum Gasteiger partial charge on any atom is 0.233 e. The summed E-state index contributed by atoms with van der Waals surface area (Å²) >= 11 is 2.68. The van der Waals surface area contributed by atoms with Crippen LogP contribution in [0, 0.1) is 5.92 Å². The average molecular weight is 485 g/mol. The Morgan fingerprint density at radius 1 is 1.35 bits per heavy atom. The van der Waals surface area contributed by atoms with Crippen LogP contribution in [0.15, 0.2) is 28.6 Å².